The molecule has 122 valence electrons. The van der Waals surface area contributed by atoms with Gasteiger partial charge in [-0.15, -0.1) is 11.3 Å². The molecular formula is C19H18N2O2S. The van der Waals surface area contributed by atoms with Gasteiger partial charge in [0.15, 0.2) is 5.75 Å². The Morgan fingerprint density at radius 3 is 2.83 bits per heavy atom. The Morgan fingerprint density at radius 1 is 1.17 bits per heavy atom. The zero-order valence-corrected chi connectivity index (χ0v) is 14.1. The first kappa shape index (κ1) is 15.3. The van der Waals surface area contributed by atoms with Crippen LogP contribution in [0.1, 0.15) is 28.1 Å². The molecule has 4 rings (SSSR count). The van der Waals surface area contributed by atoms with E-state index in [-0.39, 0.29) is 5.97 Å². The van der Waals surface area contributed by atoms with Crippen LogP contribution in [0.5, 0.6) is 5.75 Å². The topological polar surface area (TPSA) is 42.4 Å². The van der Waals surface area contributed by atoms with Crippen molar-refractivity contribution in [3.8, 4) is 5.75 Å². The van der Waals surface area contributed by atoms with Crippen LogP contribution in [0.25, 0.3) is 10.9 Å². The molecule has 0 spiro atoms. The lowest BCUT2D eigenvalue weighted by Crippen LogP contribution is -2.18. The van der Waals surface area contributed by atoms with Crippen LogP contribution in [-0.4, -0.2) is 28.9 Å². The summed E-state index contributed by atoms with van der Waals surface area (Å²) < 4.78 is 5.59. The quantitative estimate of drug-likeness (QED) is 0.530. The number of thiophene rings is 1. The number of benzene rings is 1. The van der Waals surface area contributed by atoms with Gasteiger partial charge in [-0.05, 0) is 55.1 Å². The predicted octanol–water partition coefficient (Wildman–Crippen LogP) is 4.11. The highest BCUT2D eigenvalue weighted by Crippen LogP contribution is 2.29. The van der Waals surface area contributed by atoms with Crippen molar-refractivity contribution in [2.24, 2.45) is 0 Å². The minimum absolute atomic E-state index is 0.329. The molecule has 1 aliphatic rings. The van der Waals surface area contributed by atoms with E-state index in [2.05, 4.69) is 22.0 Å². The summed E-state index contributed by atoms with van der Waals surface area (Å²) in [6.07, 6.45) is 4.28. The highest BCUT2D eigenvalue weighted by atomic mass is 32.1. The van der Waals surface area contributed by atoms with Crippen LogP contribution in [0.2, 0.25) is 0 Å². The molecule has 2 aromatic heterocycles. The van der Waals surface area contributed by atoms with Gasteiger partial charge >= 0.3 is 5.97 Å². The molecule has 0 saturated carbocycles. The molecule has 1 saturated heterocycles. The molecule has 4 nitrogen and oxygen atoms in total. The summed E-state index contributed by atoms with van der Waals surface area (Å²) in [6.45, 7) is 3.22. The van der Waals surface area contributed by atoms with Gasteiger partial charge in [0.1, 0.15) is 10.4 Å². The Bertz CT molecular complexity index is 855. The van der Waals surface area contributed by atoms with Gasteiger partial charge < -0.3 is 4.74 Å². The van der Waals surface area contributed by atoms with Crippen LogP contribution in [-0.2, 0) is 6.54 Å². The van der Waals surface area contributed by atoms with Gasteiger partial charge in [-0.2, -0.15) is 0 Å². The summed E-state index contributed by atoms with van der Waals surface area (Å²) in [5.74, 6) is 0.193. The van der Waals surface area contributed by atoms with Crippen molar-refractivity contribution < 1.29 is 9.53 Å². The maximum absolute atomic E-state index is 12.2. The second-order valence-electron chi connectivity index (χ2n) is 5.97. The van der Waals surface area contributed by atoms with Gasteiger partial charge in [-0.3, -0.25) is 9.88 Å². The summed E-state index contributed by atoms with van der Waals surface area (Å²) >= 11 is 1.38. The normalized spacial score (nSPS) is 15.0. The Hall–Kier alpha value is -2.24. The van der Waals surface area contributed by atoms with E-state index in [0.29, 0.717) is 10.6 Å². The molecule has 1 fully saturated rings. The van der Waals surface area contributed by atoms with Crippen LogP contribution >= 0.6 is 11.3 Å². The zero-order valence-electron chi connectivity index (χ0n) is 13.3. The maximum atomic E-state index is 12.2. The Kier molecular flexibility index (Phi) is 4.28. The first-order valence-corrected chi connectivity index (χ1v) is 9.04. The average Bonchev–Trinajstić information content (AvgIpc) is 3.30. The van der Waals surface area contributed by atoms with Gasteiger partial charge in [-0.1, -0.05) is 18.2 Å². The van der Waals surface area contributed by atoms with E-state index in [0.717, 1.165) is 30.5 Å². The number of carbonyl (C=O) groups excluding carboxylic acids is 1. The van der Waals surface area contributed by atoms with E-state index in [9.17, 15) is 4.79 Å². The summed E-state index contributed by atoms with van der Waals surface area (Å²) in [6, 6.07) is 11.5. The fraction of sp³-hybridized carbons (Fsp3) is 0.263. The Labute approximate surface area is 144 Å². The third-order valence-corrected chi connectivity index (χ3v) is 5.19. The molecule has 0 radical (unpaired) electrons. The van der Waals surface area contributed by atoms with Crippen molar-refractivity contribution in [1.82, 2.24) is 9.88 Å². The molecule has 0 aliphatic carbocycles. The molecule has 1 aromatic carbocycles. The summed E-state index contributed by atoms with van der Waals surface area (Å²) in [7, 11) is 0. The standard InChI is InChI=1S/C19H18N2O2S/c22-19(17-6-4-12-24-17)23-16-8-7-14(13-21-10-1-2-11-21)15-5-3-9-20-18(15)16/h3-9,12H,1-2,10-11,13H2. The molecule has 0 N–H and O–H groups in total. The number of ether oxygens (including phenoxy) is 1. The number of rotatable bonds is 4. The second-order valence-corrected chi connectivity index (χ2v) is 6.92. The van der Waals surface area contributed by atoms with Crippen molar-refractivity contribution in [2.45, 2.75) is 19.4 Å². The van der Waals surface area contributed by atoms with Crippen molar-refractivity contribution in [3.05, 3.63) is 58.4 Å². The van der Waals surface area contributed by atoms with Crippen LogP contribution in [0, 0.1) is 0 Å². The number of carbonyl (C=O) groups is 1. The van der Waals surface area contributed by atoms with E-state index in [1.807, 2.05) is 23.6 Å². The van der Waals surface area contributed by atoms with Gasteiger partial charge in [0.05, 0.1) is 0 Å². The minimum Gasteiger partial charge on any atom is -0.420 e. The van der Waals surface area contributed by atoms with Crippen LogP contribution in [0.3, 0.4) is 0 Å². The highest BCUT2D eigenvalue weighted by Gasteiger charge is 2.17. The summed E-state index contributed by atoms with van der Waals surface area (Å²) in [5, 5.41) is 2.92. The molecule has 3 aromatic rings. The van der Waals surface area contributed by atoms with E-state index in [1.54, 1.807) is 12.3 Å². The molecule has 3 heterocycles. The molecule has 0 atom stereocenters. The smallest absolute Gasteiger partial charge is 0.353 e. The lowest BCUT2D eigenvalue weighted by Gasteiger charge is -2.17. The van der Waals surface area contributed by atoms with E-state index < -0.39 is 0 Å². The number of esters is 1. The van der Waals surface area contributed by atoms with Crippen molar-refractivity contribution >= 4 is 28.2 Å². The first-order valence-electron chi connectivity index (χ1n) is 8.16. The number of fused-ring (bicyclic) bond motifs is 1. The number of nitrogens with zero attached hydrogens (tertiary/aromatic N) is 2. The number of pyridine rings is 1. The van der Waals surface area contributed by atoms with Crippen LogP contribution in [0.15, 0.2) is 48.0 Å². The fourth-order valence-corrected chi connectivity index (χ4v) is 3.75. The molecule has 5 heteroatoms. The SMILES string of the molecule is O=C(Oc1ccc(CN2CCCC2)c2cccnc12)c1cccs1. The summed E-state index contributed by atoms with van der Waals surface area (Å²) in [4.78, 5) is 19.7. The first-order chi connectivity index (χ1) is 11.8. The van der Waals surface area contributed by atoms with Crippen molar-refractivity contribution in [2.75, 3.05) is 13.1 Å². The Balaban J connectivity index is 1.66. The zero-order chi connectivity index (χ0) is 16.4. The molecule has 0 amide bonds. The predicted molar refractivity (Wildman–Crippen MR) is 95.5 cm³/mol. The van der Waals surface area contributed by atoms with Gasteiger partial charge in [0, 0.05) is 18.1 Å². The fourth-order valence-electron chi connectivity index (χ4n) is 3.15. The van der Waals surface area contributed by atoms with E-state index in [4.69, 9.17) is 4.74 Å². The van der Waals surface area contributed by atoms with Crippen molar-refractivity contribution in [1.29, 1.82) is 0 Å². The highest BCUT2D eigenvalue weighted by molar-refractivity contribution is 7.12. The number of hydrogen-bond acceptors (Lipinski definition) is 5. The van der Waals surface area contributed by atoms with Crippen LogP contribution < -0.4 is 4.74 Å². The number of hydrogen-bond donors (Lipinski definition) is 0. The lowest BCUT2D eigenvalue weighted by molar-refractivity contribution is 0.0742. The molecule has 0 unspecified atom stereocenters. The maximum Gasteiger partial charge on any atom is 0.353 e. The minimum atomic E-state index is -0.329. The molecular weight excluding hydrogens is 320 g/mol. The largest absolute Gasteiger partial charge is 0.420 e. The third kappa shape index (κ3) is 3.05. The van der Waals surface area contributed by atoms with E-state index >= 15 is 0 Å². The second kappa shape index (κ2) is 6.71. The van der Waals surface area contributed by atoms with E-state index in [1.165, 1.54) is 29.7 Å². The Morgan fingerprint density at radius 2 is 2.04 bits per heavy atom. The van der Waals surface area contributed by atoms with Gasteiger partial charge in [0.25, 0.3) is 0 Å². The van der Waals surface area contributed by atoms with Gasteiger partial charge in [0.2, 0.25) is 0 Å². The number of aromatic nitrogens is 1. The average molecular weight is 338 g/mol. The summed E-state index contributed by atoms with van der Waals surface area (Å²) in [5.41, 5.74) is 1.98. The number of likely N-dealkylation sites (tertiary alicyclic amines) is 1. The van der Waals surface area contributed by atoms with Crippen molar-refractivity contribution in [3.63, 3.8) is 0 Å². The molecule has 0 bridgehead atoms. The van der Waals surface area contributed by atoms with Crippen LogP contribution in [0.4, 0.5) is 0 Å². The third-order valence-electron chi connectivity index (χ3n) is 4.34. The molecule has 24 heavy (non-hydrogen) atoms. The lowest BCUT2D eigenvalue weighted by atomic mass is 10.1. The van der Waals surface area contributed by atoms with Gasteiger partial charge in [-0.25, -0.2) is 4.79 Å². The monoisotopic (exact) mass is 338 g/mol. The molecule has 1 aliphatic heterocycles.